The SMILES string of the molecule is CC(OC(=O)c1nccn1C)c1ccccc1. The Morgan fingerprint density at radius 1 is 1.35 bits per heavy atom. The minimum atomic E-state index is -0.408. The van der Waals surface area contributed by atoms with Gasteiger partial charge >= 0.3 is 5.97 Å². The molecule has 17 heavy (non-hydrogen) atoms. The minimum Gasteiger partial charge on any atom is -0.452 e. The quantitative estimate of drug-likeness (QED) is 0.760. The Labute approximate surface area is 99.9 Å². The zero-order valence-corrected chi connectivity index (χ0v) is 9.83. The number of imidazole rings is 1. The number of aryl methyl sites for hydroxylation is 1. The van der Waals surface area contributed by atoms with E-state index >= 15 is 0 Å². The highest BCUT2D eigenvalue weighted by molar-refractivity contribution is 5.85. The Morgan fingerprint density at radius 3 is 2.65 bits per heavy atom. The molecule has 2 aromatic rings. The molecule has 4 heteroatoms. The number of rotatable bonds is 3. The smallest absolute Gasteiger partial charge is 0.375 e. The predicted octanol–water partition coefficient (Wildman–Crippen LogP) is 2.34. The fraction of sp³-hybridized carbons (Fsp3) is 0.231. The number of esters is 1. The van der Waals surface area contributed by atoms with E-state index in [9.17, 15) is 4.79 Å². The van der Waals surface area contributed by atoms with E-state index in [2.05, 4.69) is 4.98 Å². The lowest BCUT2D eigenvalue weighted by molar-refractivity contribution is 0.0319. The summed E-state index contributed by atoms with van der Waals surface area (Å²) >= 11 is 0. The zero-order chi connectivity index (χ0) is 12.3. The fourth-order valence-corrected chi connectivity index (χ4v) is 1.57. The van der Waals surface area contributed by atoms with Crippen LogP contribution in [0, 0.1) is 0 Å². The molecule has 1 aromatic carbocycles. The van der Waals surface area contributed by atoms with Crippen LogP contribution in [0.15, 0.2) is 42.7 Å². The standard InChI is InChI=1S/C13H14N2O2/c1-10(11-6-4-3-5-7-11)17-13(16)12-14-8-9-15(12)2/h3-10H,1-2H3. The minimum absolute atomic E-state index is 0.277. The van der Waals surface area contributed by atoms with Crippen molar-refractivity contribution >= 4 is 5.97 Å². The first kappa shape index (κ1) is 11.4. The molecule has 0 bridgehead atoms. The third-order valence-electron chi connectivity index (χ3n) is 2.56. The van der Waals surface area contributed by atoms with Crippen molar-refractivity contribution in [3.63, 3.8) is 0 Å². The summed E-state index contributed by atoms with van der Waals surface area (Å²) in [6, 6.07) is 9.62. The van der Waals surface area contributed by atoms with Gasteiger partial charge in [-0.15, -0.1) is 0 Å². The fourth-order valence-electron chi connectivity index (χ4n) is 1.57. The molecule has 0 aliphatic heterocycles. The zero-order valence-electron chi connectivity index (χ0n) is 9.83. The van der Waals surface area contributed by atoms with Gasteiger partial charge in [0.25, 0.3) is 0 Å². The number of benzene rings is 1. The maximum absolute atomic E-state index is 11.8. The van der Waals surface area contributed by atoms with Gasteiger partial charge in [-0.3, -0.25) is 0 Å². The largest absolute Gasteiger partial charge is 0.452 e. The van der Waals surface area contributed by atoms with E-state index in [-0.39, 0.29) is 6.10 Å². The molecular formula is C13H14N2O2. The van der Waals surface area contributed by atoms with Crippen LogP contribution in [0.3, 0.4) is 0 Å². The second kappa shape index (κ2) is 4.82. The number of hydrogen-bond donors (Lipinski definition) is 0. The van der Waals surface area contributed by atoms with Crippen LogP contribution in [0.25, 0.3) is 0 Å². The van der Waals surface area contributed by atoms with Crippen LogP contribution in [0.5, 0.6) is 0 Å². The van der Waals surface area contributed by atoms with Gasteiger partial charge in [-0.2, -0.15) is 0 Å². The Hall–Kier alpha value is -2.10. The molecule has 1 aromatic heterocycles. The van der Waals surface area contributed by atoms with Crippen molar-refractivity contribution in [1.29, 1.82) is 0 Å². The van der Waals surface area contributed by atoms with Crippen molar-refractivity contribution in [1.82, 2.24) is 9.55 Å². The van der Waals surface area contributed by atoms with Crippen LogP contribution in [0.4, 0.5) is 0 Å². The average molecular weight is 230 g/mol. The third kappa shape index (κ3) is 2.53. The Bertz CT molecular complexity index is 505. The molecule has 1 atom stereocenters. The van der Waals surface area contributed by atoms with Gasteiger partial charge in [0.2, 0.25) is 5.82 Å². The number of ether oxygens (including phenoxy) is 1. The van der Waals surface area contributed by atoms with Crippen LogP contribution in [-0.2, 0) is 11.8 Å². The highest BCUT2D eigenvalue weighted by Gasteiger charge is 2.16. The number of hydrogen-bond acceptors (Lipinski definition) is 3. The third-order valence-corrected chi connectivity index (χ3v) is 2.56. The Morgan fingerprint density at radius 2 is 2.06 bits per heavy atom. The van der Waals surface area contributed by atoms with Gasteiger partial charge in [0.1, 0.15) is 6.10 Å². The number of carbonyl (C=O) groups excluding carboxylic acids is 1. The summed E-state index contributed by atoms with van der Waals surface area (Å²) in [6.45, 7) is 1.84. The van der Waals surface area contributed by atoms with Crippen molar-refractivity contribution < 1.29 is 9.53 Å². The van der Waals surface area contributed by atoms with Crippen molar-refractivity contribution in [3.05, 3.63) is 54.1 Å². The molecule has 2 rings (SSSR count). The van der Waals surface area contributed by atoms with E-state index in [0.717, 1.165) is 5.56 Å². The molecule has 0 saturated heterocycles. The first-order valence-electron chi connectivity index (χ1n) is 5.41. The lowest BCUT2D eigenvalue weighted by Gasteiger charge is -2.13. The van der Waals surface area contributed by atoms with Crippen LogP contribution >= 0.6 is 0 Å². The predicted molar refractivity (Wildman–Crippen MR) is 63.5 cm³/mol. The summed E-state index contributed by atoms with van der Waals surface area (Å²) in [7, 11) is 1.76. The summed E-state index contributed by atoms with van der Waals surface area (Å²) in [5.41, 5.74) is 0.968. The molecule has 0 radical (unpaired) electrons. The van der Waals surface area contributed by atoms with Gasteiger partial charge in [0.05, 0.1) is 0 Å². The van der Waals surface area contributed by atoms with E-state index in [1.807, 2.05) is 37.3 Å². The maximum atomic E-state index is 11.8. The summed E-state index contributed by atoms with van der Waals surface area (Å²) in [6.07, 6.45) is 3.01. The van der Waals surface area contributed by atoms with Gasteiger partial charge in [-0.05, 0) is 12.5 Å². The number of carbonyl (C=O) groups is 1. The molecule has 1 unspecified atom stereocenters. The lowest BCUT2D eigenvalue weighted by atomic mass is 10.1. The van der Waals surface area contributed by atoms with Crippen LogP contribution in [0.1, 0.15) is 29.2 Å². The molecule has 0 saturated carbocycles. The molecule has 0 fully saturated rings. The number of aromatic nitrogens is 2. The normalized spacial score (nSPS) is 12.1. The maximum Gasteiger partial charge on any atom is 0.375 e. The molecule has 0 amide bonds. The topological polar surface area (TPSA) is 44.1 Å². The van der Waals surface area contributed by atoms with Crippen molar-refractivity contribution in [2.24, 2.45) is 7.05 Å². The highest BCUT2D eigenvalue weighted by Crippen LogP contribution is 2.17. The molecule has 0 N–H and O–H groups in total. The van der Waals surface area contributed by atoms with Crippen molar-refractivity contribution in [3.8, 4) is 0 Å². The monoisotopic (exact) mass is 230 g/mol. The molecule has 88 valence electrons. The van der Waals surface area contributed by atoms with Gasteiger partial charge in [0.15, 0.2) is 0 Å². The molecule has 0 spiro atoms. The summed E-state index contributed by atoms with van der Waals surface area (Å²) in [5.74, 6) is -0.0957. The first-order chi connectivity index (χ1) is 8.18. The van der Waals surface area contributed by atoms with Crippen LogP contribution < -0.4 is 0 Å². The molecule has 4 nitrogen and oxygen atoms in total. The average Bonchev–Trinajstić information content (AvgIpc) is 2.76. The van der Waals surface area contributed by atoms with Crippen LogP contribution in [0.2, 0.25) is 0 Å². The number of nitrogens with zero attached hydrogens (tertiary/aromatic N) is 2. The van der Waals surface area contributed by atoms with E-state index < -0.39 is 5.97 Å². The van der Waals surface area contributed by atoms with Crippen molar-refractivity contribution in [2.45, 2.75) is 13.0 Å². The highest BCUT2D eigenvalue weighted by atomic mass is 16.5. The second-order valence-corrected chi connectivity index (χ2v) is 3.82. The van der Waals surface area contributed by atoms with Crippen LogP contribution in [-0.4, -0.2) is 15.5 Å². The summed E-state index contributed by atoms with van der Waals surface area (Å²) in [5, 5.41) is 0. The molecule has 0 aliphatic rings. The molecule has 1 heterocycles. The van der Waals surface area contributed by atoms with Gasteiger partial charge in [-0.25, -0.2) is 9.78 Å². The van der Waals surface area contributed by atoms with E-state index in [1.165, 1.54) is 0 Å². The van der Waals surface area contributed by atoms with E-state index in [4.69, 9.17) is 4.74 Å². The van der Waals surface area contributed by atoms with Gasteiger partial charge < -0.3 is 9.30 Å². The summed E-state index contributed by atoms with van der Waals surface area (Å²) in [4.78, 5) is 15.8. The second-order valence-electron chi connectivity index (χ2n) is 3.82. The van der Waals surface area contributed by atoms with Gasteiger partial charge in [-0.1, -0.05) is 30.3 Å². The summed E-state index contributed by atoms with van der Waals surface area (Å²) < 4.78 is 6.98. The van der Waals surface area contributed by atoms with Gasteiger partial charge in [0, 0.05) is 19.4 Å². The Balaban J connectivity index is 2.08. The molecule has 0 aliphatic carbocycles. The van der Waals surface area contributed by atoms with E-state index in [0.29, 0.717) is 5.82 Å². The lowest BCUT2D eigenvalue weighted by Crippen LogP contribution is -2.13. The first-order valence-corrected chi connectivity index (χ1v) is 5.41. The molecular weight excluding hydrogens is 216 g/mol. The van der Waals surface area contributed by atoms with E-state index in [1.54, 1.807) is 24.0 Å². The Kier molecular flexibility index (Phi) is 3.23. The van der Waals surface area contributed by atoms with Crippen molar-refractivity contribution in [2.75, 3.05) is 0 Å².